The lowest BCUT2D eigenvalue weighted by molar-refractivity contribution is 0.0666. The molecule has 7 heteroatoms. The van der Waals surface area contributed by atoms with Crippen LogP contribution in [-0.2, 0) is 0 Å². The molecule has 1 aliphatic carbocycles. The van der Waals surface area contributed by atoms with Gasteiger partial charge in [-0.2, -0.15) is 0 Å². The first-order valence-corrected chi connectivity index (χ1v) is 13.6. The SMILES string of the molecule is O=C(c1ccccc1Cl)[C@H]1[C@H](c2cccc(Cl)c2)C2(C(=O)c3ccccc3C2=O)[C@H]2C=Cc3cc(F)ccc3N12. The minimum absolute atomic E-state index is 0.258. The van der Waals surface area contributed by atoms with E-state index in [1.54, 1.807) is 91.0 Å². The fourth-order valence-electron chi connectivity index (χ4n) is 6.84. The van der Waals surface area contributed by atoms with Crippen LogP contribution in [0.25, 0.3) is 6.08 Å². The zero-order valence-electron chi connectivity index (χ0n) is 20.9. The smallest absolute Gasteiger partial charge is 0.187 e. The molecule has 0 bridgehead atoms. The number of carbonyl (C=O) groups excluding carboxylic acids is 3. The molecule has 3 aliphatic rings. The second-order valence-electron chi connectivity index (χ2n) is 10.3. The number of Topliss-reactive ketones (excluding diaryl/α,β-unsaturated/α-hetero) is 3. The molecule has 0 aromatic heterocycles. The van der Waals surface area contributed by atoms with E-state index in [1.165, 1.54) is 12.1 Å². The monoisotopic (exact) mass is 567 g/mol. The Kier molecular flexibility index (Phi) is 5.60. The lowest BCUT2D eigenvalue weighted by Crippen LogP contribution is -2.48. The van der Waals surface area contributed by atoms with E-state index in [9.17, 15) is 18.8 Å². The van der Waals surface area contributed by atoms with Crippen molar-refractivity contribution < 1.29 is 18.8 Å². The highest BCUT2D eigenvalue weighted by atomic mass is 35.5. The Morgan fingerprint density at radius 1 is 0.825 bits per heavy atom. The van der Waals surface area contributed by atoms with Gasteiger partial charge in [0.2, 0.25) is 0 Å². The van der Waals surface area contributed by atoms with Crippen LogP contribution in [0.1, 0.15) is 48.1 Å². The van der Waals surface area contributed by atoms with Gasteiger partial charge in [0.25, 0.3) is 0 Å². The van der Waals surface area contributed by atoms with Crippen LogP contribution in [-0.4, -0.2) is 29.4 Å². The maximum absolute atomic E-state index is 14.6. The summed E-state index contributed by atoms with van der Waals surface area (Å²) < 4.78 is 14.3. The molecular formula is C33H20Cl2FNO3. The molecule has 1 fully saturated rings. The van der Waals surface area contributed by atoms with Gasteiger partial charge in [-0.1, -0.05) is 83.9 Å². The summed E-state index contributed by atoms with van der Waals surface area (Å²) in [5.74, 6) is -2.40. The third-order valence-electron chi connectivity index (χ3n) is 8.38. The van der Waals surface area contributed by atoms with Gasteiger partial charge in [0.1, 0.15) is 17.3 Å². The van der Waals surface area contributed by atoms with Crippen molar-refractivity contribution in [3.05, 3.63) is 141 Å². The average molecular weight is 568 g/mol. The molecule has 196 valence electrons. The van der Waals surface area contributed by atoms with Gasteiger partial charge in [0.15, 0.2) is 17.3 Å². The van der Waals surface area contributed by atoms with Crippen molar-refractivity contribution >= 4 is 52.3 Å². The van der Waals surface area contributed by atoms with Gasteiger partial charge in [-0.05, 0) is 48.0 Å². The first-order chi connectivity index (χ1) is 19.3. The number of ketones is 3. The van der Waals surface area contributed by atoms with Crippen LogP contribution >= 0.6 is 23.2 Å². The van der Waals surface area contributed by atoms with Crippen LogP contribution in [0.5, 0.6) is 0 Å². The summed E-state index contributed by atoms with van der Waals surface area (Å²) in [4.78, 5) is 45.6. The lowest BCUT2D eigenvalue weighted by Gasteiger charge is -2.37. The summed E-state index contributed by atoms with van der Waals surface area (Å²) in [7, 11) is 0. The predicted octanol–water partition coefficient (Wildman–Crippen LogP) is 7.45. The molecule has 0 N–H and O–H groups in total. The molecule has 7 rings (SSSR count). The molecule has 4 aromatic rings. The molecule has 3 atom stereocenters. The minimum Gasteiger partial charge on any atom is -0.352 e. The summed E-state index contributed by atoms with van der Waals surface area (Å²) in [6.45, 7) is 0. The van der Waals surface area contributed by atoms with E-state index in [4.69, 9.17) is 23.2 Å². The van der Waals surface area contributed by atoms with Crippen molar-refractivity contribution in [2.24, 2.45) is 5.41 Å². The lowest BCUT2D eigenvalue weighted by atomic mass is 9.64. The number of benzene rings is 4. The maximum Gasteiger partial charge on any atom is 0.187 e. The standard InChI is InChI=1S/C33H20Cl2FNO3/c34-20-7-5-6-19(16-20)28-29(30(38)24-10-3-4-11-25(24)35)37-26-14-13-21(36)17-18(26)12-15-27(37)33(28)31(39)22-8-1-2-9-23(22)32(33)40/h1-17,27-29H/t27-,28+,29-/m1/s1. The Labute approximate surface area is 239 Å². The number of hydrogen-bond donors (Lipinski definition) is 0. The van der Waals surface area contributed by atoms with E-state index >= 15 is 0 Å². The Balaban J connectivity index is 1.57. The van der Waals surface area contributed by atoms with Crippen LogP contribution in [0.3, 0.4) is 0 Å². The van der Waals surface area contributed by atoms with E-state index in [-0.39, 0.29) is 27.9 Å². The molecule has 1 spiro atoms. The van der Waals surface area contributed by atoms with E-state index in [1.807, 2.05) is 4.90 Å². The van der Waals surface area contributed by atoms with E-state index in [2.05, 4.69) is 0 Å². The number of fused-ring (bicyclic) bond motifs is 5. The predicted molar refractivity (Wildman–Crippen MR) is 153 cm³/mol. The molecule has 4 aromatic carbocycles. The molecule has 0 amide bonds. The Hall–Kier alpha value is -4.06. The first-order valence-electron chi connectivity index (χ1n) is 12.8. The number of carbonyl (C=O) groups is 3. The number of rotatable bonds is 3. The van der Waals surface area contributed by atoms with E-state index in [0.717, 1.165) is 0 Å². The largest absolute Gasteiger partial charge is 0.352 e. The highest BCUT2D eigenvalue weighted by Gasteiger charge is 2.71. The molecule has 0 radical (unpaired) electrons. The quantitative estimate of drug-likeness (QED) is 0.190. The van der Waals surface area contributed by atoms with Gasteiger partial charge in [-0.3, -0.25) is 14.4 Å². The van der Waals surface area contributed by atoms with Gasteiger partial charge in [0.05, 0.1) is 11.1 Å². The number of nitrogens with zero attached hydrogens (tertiary/aromatic N) is 1. The fraction of sp³-hybridized carbons (Fsp3) is 0.121. The average Bonchev–Trinajstić information content (AvgIpc) is 3.39. The third kappa shape index (κ3) is 3.28. The number of anilines is 1. The van der Waals surface area contributed by atoms with E-state index in [0.29, 0.717) is 33.0 Å². The number of halogens is 3. The molecule has 1 saturated heterocycles. The Morgan fingerprint density at radius 3 is 2.23 bits per heavy atom. The highest BCUT2D eigenvalue weighted by molar-refractivity contribution is 6.35. The summed E-state index contributed by atoms with van der Waals surface area (Å²) in [5, 5.41) is 0.670. The third-order valence-corrected chi connectivity index (χ3v) is 8.95. The van der Waals surface area contributed by atoms with Gasteiger partial charge in [-0.15, -0.1) is 0 Å². The van der Waals surface area contributed by atoms with Crippen LogP contribution in [0.4, 0.5) is 10.1 Å². The summed E-state index contributed by atoms with van der Waals surface area (Å²) in [5.41, 5.74) is 0.931. The fourth-order valence-corrected chi connectivity index (χ4v) is 7.27. The highest BCUT2D eigenvalue weighted by Crippen LogP contribution is 2.61. The zero-order valence-corrected chi connectivity index (χ0v) is 22.4. The van der Waals surface area contributed by atoms with Crippen molar-refractivity contribution in [3.8, 4) is 0 Å². The molecule has 2 aliphatic heterocycles. The van der Waals surface area contributed by atoms with Crippen molar-refractivity contribution in [2.45, 2.75) is 18.0 Å². The Morgan fingerprint density at radius 2 is 1.52 bits per heavy atom. The normalized spacial score (nSPS) is 21.9. The van der Waals surface area contributed by atoms with Gasteiger partial charge in [0, 0.05) is 38.9 Å². The van der Waals surface area contributed by atoms with Gasteiger partial charge < -0.3 is 4.90 Å². The molecule has 2 heterocycles. The Bertz CT molecular complexity index is 1760. The maximum atomic E-state index is 14.6. The summed E-state index contributed by atoms with van der Waals surface area (Å²) >= 11 is 13.0. The summed E-state index contributed by atoms with van der Waals surface area (Å²) in [6, 6.07) is 22.9. The minimum atomic E-state index is -1.67. The van der Waals surface area contributed by atoms with Crippen molar-refractivity contribution in [3.63, 3.8) is 0 Å². The number of hydrogen-bond acceptors (Lipinski definition) is 4. The van der Waals surface area contributed by atoms with Gasteiger partial charge >= 0.3 is 0 Å². The van der Waals surface area contributed by atoms with Crippen LogP contribution in [0, 0.1) is 11.2 Å². The van der Waals surface area contributed by atoms with Gasteiger partial charge in [-0.25, -0.2) is 4.39 Å². The summed E-state index contributed by atoms with van der Waals surface area (Å²) in [6.07, 6.45) is 3.48. The molecular weight excluding hydrogens is 548 g/mol. The van der Waals surface area contributed by atoms with E-state index < -0.39 is 29.2 Å². The topological polar surface area (TPSA) is 54.5 Å². The van der Waals surface area contributed by atoms with Crippen molar-refractivity contribution in [1.29, 1.82) is 0 Å². The molecule has 40 heavy (non-hydrogen) atoms. The van der Waals surface area contributed by atoms with Crippen LogP contribution < -0.4 is 4.90 Å². The van der Waals surface area contributed by atoms with Crippen molar-refractivity contribution in [2.75, 3.05) is 4.90 Å². The second-order valence-corrected chi connectivity index (χ2v) is 11.2. The van der Waals surface area contributed by atoms with Crippen molar-refractivity contribution in [1.82, 2.24) is 0 Å². The molecule has 0 unspecified atom stereocenters. The first kappa shape index (κ1) is 24.9. The molecule has 4 nitrogen and oxygen atoms in total. The zero-order chi connectivity index (χ0) is 27.8. The molecule has 0 saturated carbocycles. The second kappa shape index (κ2) is 8.98. The van der Waals surface area contributed by atoms with Crippen LogP contribution in [0.15, 0.2) is 97.1 Å². The van der Waals surface area contributed by atoms with Crippen LogP contribution in [0.2, 0.25) is 10.0 Å².